The van der Waals surface area contributed by atoms with Crippen molar-refractivity contribution in [2.75, 3.05) is 13.6 Å². The first-order valence-corrected chi connectivity index (χ1v) is 6.65. The van der Waals surface area contributed by atoms with E-state index in [-0.39, 0.29) is 0 Å². The average molecular weight is 238 g/mol. The smallest absolute Gasteiger partial charge is 0.194 e. The van der Waals surface area contributed by atoms with E-state index in [1.54, 1.807) is 0 Å². The summed E-state index contributed by atoms with van der Waals surface area (Å²) >= 11 is 0. The third-order valence-corrected chi connectivity index (χ3v) is 3.15. The molecule has 0 amide bonds. The highest BCUT2D eigenvalue weighted by molar-refractivity contribution is 5.04. The van der Waals surface area contributed by atoms with Crippen LogP contribution < -0.4 is 5.32 Å². The van der Waals surface area contributed by atoms with E-state index in [4.69, 9.17) is 4.42 Å². The van der Waals surface area contributed by atoms with Gasteiger partial charge in [-0.3, -0.25) is 0 Å². The summed E-state index contributed by atoms with van der Waals surface area (Å²) in [6, 6.07) is 0. The van der Waals surface area contributed by atoms with E-state index in [0.717, 1.165) is 31.0 Å². The van der Waals surface area contributed by atoms with Crippen LogP contribution in [0.3, 0.4) is 0 Å². The molecule has 0 bridgehead atoms. The van der Waals surface area contributed by atoms with E-state index in [1.807, 2.05) is 13.2 Å². The van der Waals surface area contributed by atoms with Crippen molar-refractivity contribution in [1.82, 2.24) is 10.3 Å². The summed E-state index contributed by atoms with van der Waals surface area (Å²) in [7, 11) is 1.97. The van der Waals surface area contributed by atoms with E-state index >= 15 is 0 Å². The lowest BCUT2D eigenvalue weighted by molar-refractivity contribution is 0.314. The molecular formula is C14H26N2O. The van der Waals surface area contributed by atoms with Gasteiger partial charge in [0.2, 0.25) is 0 Å². The fourth-order valence-electron chi connectivity index (χ4n) is 2.44. The maximum absolute atomic E-state index is 5.88. The van der Waals surface area contributed by atoms with Crippen molar-refractivity contribution in [3.63, 3.8) is 0 Å². The van der Waals surface area contributed by atoms with Crippen LogP contribution in [-0.4, -0.2) is 18.6 Å². The van der Waals surface area contributed by atoms with E-state index in [1.165, 1.54) is 0 Å². The summed E-state index contributed by atoms with van der Waals surface area (Å²) in [6.45, 7) is 9.99. The molecule has 98 valence electrons. The molecule has 0 aliphatic carbocycles. The molecule has 0 fully saturated rings. The average Bonchev–Trinajstić information content (AvgIpc) is 2.65. The molecule has 0 radical (unpaired) electrons. The third kappa shape index (κ3) is 4.15. The topological polar surface area (TPSA) is 38.1 Å². The van der Waals surface area contributed by atoms with Gasteiger partial charge in [0.15, 0.2) is 5.89 Å². The van der Waals surface area contributed by atoms with Gasteiger partial charge in [0.1, 0.15) is 5.76 Å². The van der Waals surface area contributed by atoms with Gasteiger partial charge in [-0.1, -0.05) is 27.7 Å². The van der Waals surface area contributed by atoms with Crippen LogP contribution in [0, 0.1) is 11.8 Å². The van der Waals surface area contributed by atoms with Gasteiger partial charge in [0.25, 0.3) is 0 Å². The van der Waals surface area contributed by atoms with Crippen LogP contribution in [-0.2, 0) is 6.42 Å². The number of nitrogens with zero attached hydrogens (tertiary/aromatic N) is 1. The second kappa shape index (κ2) is 6.80. The summed E-state index contributed by atoms with van der Waals surface area (Å²) in [6.07, 6.45) is 3.91. The molecule has 1 aromatic rings. The van der Waals surface area contributed by atoms with Gasteiger partial charge in [-0.15, -0.1) is 0 Å². The Morgan fingerprint density at radius 3 is 2.41 bits per heavy atom. The van der Waals surface area contributed by atoms with Crippen LogP contribution >= 0.6 is 0 Å². The molecule has 1 rings (SSSR count). The van der Waals surface area contributed by atoms with Crippen molar-refractivity contribution in [3.8, 4) is 0 Å². The maximum atomic E-state index is 5.88. The fraction of sp³-hybridized carbons (Fsp3) is 0.786. The van der Waals surface area contributed by atoms with E-state index in [9.17, 15) is 0 Å². The number of aryl methyl sites for hydroxylation is 1. The Kier molecular flexibility index (Phi) is 5.69. The van der Waals surface area contributed by atoms with Gasteiger partial charge in [0.05, 0.1) is 6.20 Å². The number of hydrogen-bond donors (Lipinski definition) is 1. The molecule has 0 saturated carbocycles. The Labute approximate surface area is 105 Å². The number of oxazole rings is 1. The highest BCUT2D eigenvalue weighted by atomic mass is 16.4. The minimum absolute atomic E-state index is 0.473. The molecule has 0 saturated heterocycles. The lowest BCUT2D eigenvalue weighted by Crippen LogP contribution is -2.12. The SMILES string of the molecule is CNCCCc1ncc(C(C(C)C)C(C)C)o1. The molecule has 1 N–H and O–H groups in total. The first-order chi connectivity index (χ1) is 8.06. The zero-order chi connectivity index (χ0) is 12.8. The Balaban J connectivity index is 2.65. The molecule has 0 aromatic carbocycles. The summed E-state index contributed by atoms with van der Waals surface area (Å²) in [4.78, 5) is 4.38. The van der Waals surface area contributed by atoms with Crippen LogP contribution in [0.15, 0.2) is 10.6 Å². The predicted octanol–water partition coefficient (Wildman–Crippen LogP) is 3.22. The number of rotatable bonds is 7. The molecule has 0 aliphatic rings. The lowest BCUT2D eigenvalue weighted by atomic mass is 9.84. The number of hydrogen-bond acceptors (Lipinski definition) is 3. The van der Waals surface area contributed by atoms with Crippen molar-refractivity contribution in [2.45, 2.75) is 46.5 Å². The van der Waals surface area contributed by atoms with Gasteiger partial charge >= 0.3 is 0 Å². The Morgan fingerprint density at radius 1 is 1.24 bits per heavy atom. The summed E-state index contributed by atoms with van der Waals surface area (Å²) in [5.41, 5.74) is 0. The van der Waals surface area contributed by atoms with Gasteiger partial charge in [0, 0.05) is 12.3 Å². The molecule has 0 aliphatic heterocycles. The van der Waals surface area contributed by atoms with Gasteiger partial charge < -0.3 is 9.73 Å². The van der Waals surface area contributed by atoms with Crippen LogP contribution in [0.4, 0.5) is 0 Å². The van der Waals surface area contributed by atoms with Crippen molar-refractivity contribution in [3.05, 3.63) is 17.8 Å². The standard InChI is InChI=1S/C14H26N2O/c1-10(2)14(11(3)4)12-9-16-13(17-12)7-6-8-15-5/h9-11,14-15H,6-8H2,1-5H3. The van der Waals surface area contributed by atoms with Gasteiger partial charge in [-0.2, -0.15) is 0 Å². The predicted molar refractivity (Wildman–Crippen MR) is 71.2 cm³/mol. The summed E-state index contributed by atoms with van der Waals surface area (Å²) < 4.78 is 5.88. The molecule has 0 atom stereocenters. The molecule has 1 heterocycles. The van der Waals surface area contributed by atoms with Crippen molar-refractivity contribution in [1.29, 1.82) is 0 Å². The second-order valence-corrected chi connectivity index (χ2v) is 5.38. The van der Waals surface area contributed by atoms with E-state index in [0.29, 0.717) is 17.8 Å². The molecule has 0 unspecified atom stereocenters. The first-order valence-electron chi connectivity index (χ1n) is 6.65. The second-order valence-electron chi connectivity index (χ2n) is 5.38. The summed E-state index contributed by atoms with van der Waals surface area (Å²) in [5.74, 6) is 3.58. The van der Waals surface area contributed by atoms with E-state index < -0.39 is 0 Å². The Hall–Kier alpha value is -0.830. The first kappa shape index (κ1) is 14.2. The van der Waals surface area contributed by atoms with Crippen LogP contribution in [0.2, 0.25) is 0 Å². The Morgan fingerprint density at radius 2 is 1.88 bits per heavy atom. The molecule has 17 heavy (non-hydrogen) atoms. The number of nitrogens with one attached hydrogen (secondary N) is 1. The molecule has 1 aromatic heterocycles. The van der Waals surface area contributed by atoms with E-state index in [2.05, 4.69) is 38.0 Å². The monoisotopic (exact) mass is 238 g/mol. The quantitative estimate of drug-likeness (QED) is 0.741. The maximum Gasteiger partial charge on any atom is 0.194 e. The van der Waals surface area contributed by atoms with Crippen LogP contribution in [0.1, 0.15) is 51.7 Å². The zero-order valence-electron chi connectivity index (χ0n) is 11.8. The highest BCUT2D eigenvalue weighted by Crippen LogP contribution is 2.32. The normalized spacial score (nSPS) is 12.0. The Bertz CT molecular complexity index is 310. The van der Waals surface area contributed by atoms with Crippen molar-refractivity contribution >= 4 is 0 Å². The summed E-state index contributed by atoms with van der Waals surface area (Å²) in [5, 5.41) is 3.13. The van der Waals surface area contributed by atoms with Gasteiger partial charge in [-0.25, -0.2) is 4.98 Å². The largest absolute Gasteiger partial charge is 0.445 e. The van der Waals surface area contributed by atoms with Crippen molar-refractivity contribution in [2.24, 2.45) is 11.8 Å². The molecular weight excluding hydrogens is 212 g/mol. The lowest BCUT2D eigenvalue weighted by Gasteiger charge is -2.21. The minimum atomic E-state index is 0.473. The minimum Gasteiger partial charge on any atom is -0.445 e. The van der Waals surface area contributed by atoms with Crippen LogP contribution in [0.5, 0.6) is 0 Å². The number of aromatic nitrogens is 1. The van der Waals surface area contributed by atoms with Gasteiger partial charge in [-0.05, 0) is 31.8 Å². The van der Waals surface area contributed by atoms with Crippen molar-refractivity contribution < 1.29 is 4.42 Å². The zero-order valence-corrected chi connectivity index (χ0v) is 11.8. The fourth-order valence-corrected chi connectivity index (χ4v) is 2.44. The third-order valence-electron chi connectivity index (χ3n) is 3.15. The molecule has 3 nitrogen and oxygen atoms in total. The molecule has 0 spiro atoms. The highest BCUT2D eigenvalue weighted by Gasteiger charge is 2.23. The molecule has 3 heteroatoms. The van der Waals surface area contributed by atoms with Crippen LogP contribution in [0.25, 0.3) is 0 Å².